The van der Waals surface area contributed by atoms with E-state index in [4.69, 9.17) is 10.5 Å². The molecule has 11 nitrogen and oxygen atoms in total. The van der Waals surface area contributed by atoms with E-state index in [1.54, 1.807) is 30.3 Å². The van der Waals surface area contributed by atoms with Crippen molar-refractivity contribution in [3.8, 4) is 22.8 Å². The van der Waals surface area contributed by atoms with Crippen molar-refractivity contribution in [2.24, 2.45) is 11.1 Å². The molecule has 1 saturated carbocycles. The number of nitrogens with two attached hydrogens (primary N) is 1. The van der Waals surface area contributed by atoms with Gasteiger partial charge in [-0.3, -0.25) is 24.4 Å². The van der Waals surface area contributed by atoms with Crippen LogP contribution in [0, 0.1) is 17.0 Å². The molecule has 4 N–H and O–H groups in total. The topological polar surface area (TPSA) is 147 Å². The van der Waals surface area contributed by atoms with Gasteiger partial charge in [-0.2, -0.15) is 5.10 Å². The Hall–Kier alpha value is -5.69. The highest BCUT2D eigenvalue weighted by Crippen LogP contribution is 2.49. The van der Waals surface area contributed by atoms with Crippen LogP contribution in [0.3, 0.4) is 0 Å². The fraction of sp³-hybridized carbons (Fsp3) is 0.206. The van der Waals surface area contributed by atoms with Crippen LogP contribution in [0.2, 0.25) is 0 Å². The van der Waals surface area contributed by atoms with Gasteiger partial charge in [0.15, 0.2) is 17.2 Å². The molecule has 2 heterocycles. The number of primary amides is 1. The number of aromatic nitrogens is 3. The summed E-state index contributed by atoms with van der Waals surface area (Å²) in [6.07, 6.45) is 2.00. The predicted molar refractivity (Wildman–Crippen MR) is 171 cm³/mol. The fourth-order valence-electron chi connectivity index (χ4n) is 5.20. The molecule has 0 unspecified atom stereocenters. The number of fused-ring (bicyclic) bond motifs is 1. The van der Waals surface area contributed by atoms with E-state index < -0.39 is 28.9 Å². The number of hydrogen-bond acceptors (Lipinski definition) is 7. The molecule has 3 amide bonds. The number of anilines is 2. The zero-order chi connectivity index (χ0) is 33.3. The number of nitrogens with one attached hydrogen (secondary N) is 2. The largest absolute Gasteiger partial charge is 0.453 e. The van der Waals surface area contributed by atoms with Gasteiger partial charge in [0.05, 0.1) is 16.8 Å². The number of halogens is 2. The van der Waals surface area contributed by atoms with Crippen LogP contribution in [-0.4, -0.2) is 65.0 Å². The number of aromatic amines is 1. The van der Waals surface area contributed by atoms with Crippen molar-refractivity contribution < 1.29 is 27.9 Å². The third-order valence-corrected chi connectivity index (χ3v) is 8.01. The first-order valence-electron chi connectivity index (χ1n) is 14.8. The highest BCUT2D eigenvalue weighted by atomic mass is 19.1. The number of ether oxygens (including phenoxy) is 1. The molecule has 1 aliphatic rings. The number of nitrogens with zero attached hydrogens (tertiary/aromatic N) is 4. The normalized spacial score (nSPS) is 13.4. The van der Waals surface area contributed by atoms with Crippen molar-refractivity contribution in [2.75, 3.05) is 32.1 Å². The highest BCUT2D eigenvalue weighted by Gasteiger charge is 2.57. The fourth-order valence-corrected chi connectivity index (χ4v) is 5.20. The molecule has 0 saturated heterocycles. The maximum Gasteiger partial charge on any atom is 0.251 e. The summed E-state index contributed by atoms with van der Waals surface area (Å²) in [7, 11) is 3.85. The summed E-state index contributed by atoms with van der Waals surface area (Å²) in [4.78, 5) is 45.7. The number of likely N-dealkylation sites (N-methyl/N-ethyl adjacent to an activating group) is 1. The lowest BCUT2D eigenvalue weighted by Crippen LogP contribution is -2.41. The molecule has 6 rings (SSSR count). The van der Waals surface area contributed by atoms with Gasteiger partial charge in [-0.1, -0.05) is 12.1 Å². The third-order valence-electron chi connectivity index (χ3n) is 8.01. The Morgan fingerprint density at radius 1 is 0.957 bits per heavy atom. The molecule has 3 aromatic carbocycles. The molecular formula is C34H31F2N7O4. The Balaban J connectivity index is 1.29. The van der Waals surface area contributed by atoms with Crippen LogP contribution in [0.1, 0.15) is 23.2 Å². The third kappa shape index (κ3) is 6.25. The summed E-state index contributed by atoms with van der Waals surface area (Å²) in [5, 5.41) is 10.6. The van der Waals surface area contributed by atoms with Crippen LogP contribution in [0.25, 0.3) is 22.3 Å². The van der Waals surface area contributed by atoms with Gasteiger partial charge in [-0.25, -0.2) is 13.8 Å². The number of H-pyrrole nitrogens is 1. The molecule has 13 heteroatoms. The molecule has 0 spiro atoms. The number of amides is 3. The van der Waals surface area contributed by atoms with E-state index in [1.165, 1.54) is 42.6 Å². The quantitative estimate of drug-likeness (QED) is 0.174. The molecule has 47 heavy (non-hydrogen) atoms. The van der Waals surface area contributed by atoms with E-state index >= 15 is 4.39 Å². The molecule has 0 atom stereocenters. The van der Waals surface area contributed by atoms with Gasteiger partial charge in [0.1, 0.15) is 17.0 Å². The zero-order valence-electron chi connectivity index (χ0n) is 25.6. The van der Waals surface area contributed by atoms with E-state index in [-0.39, 0.29) is 41.6 Å². The molecule has 2 aromatic heterocycles. The number of hydrogen-bond donors (Lipinski definition) is 3. The van der Waals surface area contributed by atoms with Gasteiger partial charge in [0.2, 0.25) is 11.8 Å². The van der Waals surface area contributed by atoms with E-state index in [1.807, 2.05) is 19.0 Å². The second kappa shape index (κ2) is 12.6. The minimum atomic E-state index is -1.41. The van der Waals surface area contributed by atoms with Crippen molar-refractivity contribution in [1.29, 1.82) is 0 Å². The summed E-state index contributed by atoms with van der Waals surface area (Å²) < 4.78 is 35.5. The SMILES string of the molecule is CN(C)CCNC(=O)c1ccc(-c2[nH]nc3nccc(Oc4ccc(N(C(=O)C5(C(N)=O)CC5)c5ccc(F)cc5)cc4F)c23)cc1. The van der Waals surface area contributed by atoms with Gasteiger partial charge in [0.25, 0.3) is 5.91 Å². The highest BCUT2D eigenvalue weighted by molar-refractivity contribution is 6.16. The molecule has 240 valence electrons. The molecule has 0 radical (unpaired) electrons. The lowest BCUT2D eigenvalue weighted by molar-refractivity contribution is -0.133. The summed E-state index contributed by atoms with van der Waals surface area (Å²) in [6.45, 7) is 1.22. The van der Waals surface area contributed by atoms with Crippen molar-refractivity contribution in [1.82, 2.24) is 25.4 Å². The average molecular weight is 640 g/mol. The Morgan fingerprint density at radius 2 is 1.66 bits per heavy atom. The molecule has 0 bridgehead atoms. The summed E-state index contributed by atoms with van der Waals surface area (Å²) in [6, 6.07) is 17.5. The first-order valence-corrected chi connectivity index (χ1v) is 14.8. The van der Waals surface area contributed by atoms with Crippen molar-refractivity contribution >= 4 is 40.1 Å². The lowest BCUT2D eigenvalue weighted by Gasteiger charge is -2.26. The maximum atomic E-state index is 15.7. The van der Waals surface area contributed by atoms with Gasteiger partial charge < -0.3 is 20.7 Å². The van der Waals surface area contributed by atoms with Gasteiger partial charge in [-0.15, -0.1) is 0 Å². The Bertz CT molecular complexity index is 1970. The number of pyridine rings is 1. The van der Waals surface area contributed by atoms with Crippen molar-refractivity contribution in [2.45, 2.75) is 12.8 Å². The minimum absolute atomic E-state index is 0.105. The molecule has 1 fully saturated rings. The number of rotatable bonds is 11. The van der Waals surface area contributed by atoms with Crippen LogP contribution in [0.5, 0.6) is 11.5 Å². The minimum Gasteiger partial charge on any atom is -0.453 e. The first kappa shape index (κ1) is 31.3. The van der Waals surface area contributed by atoms with E-state index in [0.29, 0.717) is 40.9 Å². The summed E-state index contributed by atoms with van der Waals surface area (Å²) in [5.41, 5.74) is 6.56. The van der Waals surface area contributed by atoms with Crippen LogP contribution in [-0.2, 0) is 9.59 Å². The number of carbonyl (C=O) groups excluding carboxylic acids is 3. The summed E-state index contributed by atoms with van der Waals surface area (Å²) in [5.74, 6) is -2.81. The van der Waals surface area contributed by atoms with Crippen molar-refractivity contribution in [3.63, 3.8) is 0 Å². The van der Waals surface area contributed by atoms with Gasteiger partial charge in [0, 0.05) is 42.2 Å². The second-order valence-corrected chi connectivity index (χ2v) is 11.5. The molecule has 1 aliphatic carbocycles. The maximum absolute atomic E-state index is 15.7. The Labute approximate surface area is 268 Å². The first-order chi connectivity index (χ1) is 22.6. The second-order valence-electron chi connectivity index (χ2n) is 11.5. The molecule has 5 aromatic rings. The van der Waals surface area contributed by atoms with Crippen LogP contribution in [0.15, 0.2) is 79.0 Å². The predicted octanol–water partition coefficient (Wildman–Crippen LogP) is 4.92. The van der Waals surface area contributed by atoms with E-state index in [2.05, 4.69) is 20.5 Å². The van der Waals surface area contributed by atoms with Crippen LogP contribution < -0.4 is 20.7 Å². The number of carbonyl (C=O) groups is 3. The van der Waals surface area contributed by atoms with Crippen LogP contribution >= 0.6 is 0 Å². The van der Waals surface area contributed by atoms with E-state index in [9.17, 15) is 18.8 Å². The van der Waals surface area contributed by atoms with Crippen molar-refractivity contribution in [3.05, 3.63) is 96.2 Å². The smallest absolute Gasteiger partial charge is 0.251 e. The standard InChI is InChI=1S/C34H31F2N7O4/c1-42(2)18-17-39-31(44)21-5-3-20(4-6-21)29-28-27(13-16-38-30(28)41-40-29)47-26-12-11-24(19-25(26)36)43(23-9-7-22(35)8-10-23)33(46)34(14-15-34)32(37)45/h3-13,16,19H,14-15,17-18H2,1-2H3,(H2,37,45)(H,39,44)(H,38,40,41). The average Bonchev–Trinajstić information content (AvgIpc) is 3.76. The van der Waals surface area contributed by atoms with Gasteiger partial charge in [-0.05, 0) is 81.5 Å². The van der Waals surface area contributed by atoms with E-state index in [0.717, 1.165) is 11.0 Å². The summed E-state index contributed by atoms with van der Waals surface area (Å²) >= 11 is 0. The van der Waals surface area contributed by atoms with Gasteiger partial charge >= 0.3 is 0 Å². The zero-order valence-corrected chi connectivity index (χ0v) is 25.6. The Kier molecular flexibility index (Phi) is 8.39. The Morgan fingerprint density at radius 3 is 2.30 bits per heavy atom. The molecular weight excluding hydrogens is 608 g/mol. The molecule has 0 aliphatic heterocycles. The van der Waals surface area contributed by atoms with Crippen LogP contribution in [0.4, 0.5) is 20.2 Å². The monoisotopic (exact) mass is 639 g/mol. The lowest BCUT2D eigenvalue weighted by atomic mass is 10.0. The number of benzene rings is 3.